The highest BCUT2D eigenvalue weighted by atomic mass is 32.1. The molecule has 0 spiro atoms. The first-order valence-electron chi connectivity index (χ1n) is 7.06. The second-order valence-electron chi connectivity index (χ2n) is 4.86. The number of carbonyl (C=O) groups excluding carboxylic acids is 1. The Hall–Kier alpha value is -2.02. The van der Waals surface area contributed by atoms with E-state index in [0.717, 1.165) is 17.0 Å². The van der Waals surface area contributed by atoms with Crippen molar-refractivity contribution in [2.24, 2.45) is 0 Å². The highest BCUT2D eigenvalue weighted by molar-refractivity contribution is 7.10. The van der Waals surface area contributed by atoms with Crippen LogP contribution in [0.3, 0.4) is 0 Å². The van der Waals surface area contributed by atoms with Gasteiger partial charge in [0.15, 0.2) is 0 Å². The third-order valence-corrected chi connectivity index (χ3v) is 3.83. The summed E-state index contributed by atoms with van der Waals surface area (Å²) in [4.78, 5) is 12.9. The number of alkyl halides is 3. The van der Waals surface area contributed by atoms with Crippen molar-refractivity contribution in [1.82, 2.24) is 0 Å². The van der Waals surface area contributed by atoms with E-state index in [-0.39, 0.29) is 23.8 Å². The molecule has 7 heteroatoms. The third-order valence-electron chi connectivity index (χ3n) is 2.96. The molecule has 124 valence electrons. The number of ether oxygens (including phenoxy) is 1. The van der Waals surface area contributed by atoms with Gasteiger partial charge in [-0.15, -0.1) is 11.3 Å². The quantitative estimate of drug-likeness (QED) is 0.823. The van der Waals surface area contributed by atoms with E-state index in [1.54, 1.807) is 6.07 Å². The molecule has 0 atom stereocenters. The second-order valence-corrected chi connectivity index (χ2v) is 5.89. The molecule has 0 saturated heterocycles. The van der Waals surface area contributed by atoms with E-state index in [2.05, 4.69) is 5.32 Å². The Labute approximate surface area is 136 Å². The fourth-order valence-corrected chi connectivity index (χ4v) is 2.61. The molecule has 23 heavy (non-hydrogen) atoms. The fourth-order valence-electron chi connectivity index (χ4n) is 1.91. The zero-order chi connectivity index (χ0) is 16.9. The molecule has 1 N–H and O–H groups in total. The Morgan fingerprint density at radius 3 is 2.70 bits per heavy atom. The van der Waals surface area contributed by atoms with E-state index in [9.17, 15) is 18.0 Å². The number of carbonyl (C=O) groups is 1. The van der Waals surface area contributed by atoms with Crippen LogP contribution in [0.15, 0.2) is 35.7 Å². The summed E-state index contributed by atoms with van der Waals surface area (Å²) in [5.74, 6) is -0.146. The number of thiophene rings is 1. The summed E-state index contributed by atoms with van der Waals surface area (Å²) in [6.07, 6.45) is -3.65. The van der Waals surface area contributed by atoms with Gasteiger partial charge in [0.1, 0.15) is 5.75 Å². The average Bonchev–Trinajstić information content (AvgIpc) is 2.97. The van der Waals surface area contributed by atoms with Gasteiger partial charge < -0.3 is 10.1 Å². The molecule has 0 saturated carbocycles. The molecular formula is C16H16F3NO2S. The van der Waals surface area contributed by atoms with E-state index in [0.29, 0.717) is 13.0 Å². The van der Waals surface area contributed by atoms with Crippen LogP contribution in [0.2, 0.25) is 0 Å². The third kappa shape index (κ3) is 4.99. The molecule has 0 fully saturated rings. The minimum absolute atomic E-state index is 0.0369. The lowest BCUT2D eigenvalue weighted by Gasteiger charge is -2.15. The summed E-state index contributed by atoms with van der Waals surface area (Å²) < 4.78 is 43.9. The molecule has 1 heterocycles. The molecule has 0 aliphatic heterocycles. The first kappa shape index (κ1) is 17.3. The Morgan fingerprint density at radius 2 is 2.09 bits per heavy atom. The SMILES string of the molecule is CCCOc1ccc(C(F)(F)F)cc1NC(=O)Cc1cccs1. The van der Waals surface area contributed by atoms with Gasteiger partial charge in [-0.1, -0.05) is 13.0 Å². The number of hydrogen-bond acceptors (Lipinski definition) is 3. The number of halogens is 3. The largest absolute Gasteiger partial charge is 0.491 e. The van der Waals surface area contributed by atoms with E-state index < -0.39 is 11.7 Å². The second kappa shape index (κ2) is 7.50. The number of nitrogens with one attached hydrogen (secondary N) is 1. The molecule has 2 rings (SSSR count). The zero-order valence-corrected chi connectivity index (χ0v) is 13.3. The van der Waals surface area contributed by atoms with Gasteiger partial charge in [-0.3, -0.25) is 4.79 Å². The van der Waals surface area contributed by atoms with Crippen LogP contribution in [0.4, 0.5) is 18.9 Å². The number of amides is 1. The van der Waals surface area contributed by atoms with Crippen LogP contribution < -0.4 is 10.1 Å². The molecule has 0 aliphatic carbocycles. The van der Waals surface area contributed by atoms with Crippen LogP contribution in [-0.4, -0.2) is 12.5 Å². The summed E-state index contributed by atoms with van der Waals surface area (Å²) in [6, 6.07) is 6.69. The van der Waals surface area contributed by atoms with Crippen molar-refractivity contribution in [2.75, 3.05) is 11.9 Å². The number of rotatable bonds is 6. The molecule has 0 radical (unpaired) electrons. The Bertz CT molecular complexity index is 654. The lowest BCUT2D eigenvalue weighted by Crippen LogP contribution is -2.16. The molecule has 2 aromatic rings. The van der Waals surface area contributed by atoms with Crippen LogP contribution in [0.1, 0.15) is 23.8 Å². The first-order valence-corrected chi connectivity index (χ1v) is 7.94. The van der Waals surface area contributed by atoms with Gasteiger partial charge in [-0.2, -0.15) is 13.2 Å². The minimum atomic E-state index is -4.48. The van der Waals surface area contributed by atoms with E-state index >= 15 is 0 Å². The number of anilines is 1. The van der Waals surface area contributed by atoms with Gasteiger partial charge >= 0.3 is 6.18 Å². The van der Waals surface area contributed by atoms with Crippen molar-refractivity contribution >= 4 is 22.9 Å². The molecule has 0 aliphatic rings. The standard InChI is InChI=1S/C16H16F3NO2S/c1-2-7-22-14-6-5-11(16(17,18)19)9-13(14)20-15(21)10-12-4-3-8-23-12/h3-6,8-9H,2,7,10H2,1H3,(H,20,21). The highest BCUT2D eigenvalue weighted by Gasteiger charge is 2.31. The monoisotopic (exact) mass is 343 g/mol. The fraction of sp³-hybridized carbons (Fsp3) is 0.312. The highest BCUT2D eigenvalue weighted by Crippen LogP contribution is 2.35. The van der Waals surface area contributed by atoms with Crippen LogP contribution >= 0.6 is 11.3 Å². The van der Waals surface area contributed by atoms with Crippen LogP contribution in [0.25, 0.3) is 0 Å². The minimum Gasteiger partial charge on any atom is -0.491 e. The number of hydrogen-bond donors (Lipinski definition) is 1. The first-order chi connectivity index (χ1) is 10.9. The lowest BCUT2D eigenvalue weighted by molar-refractivity contribution is -0.137. The van der Waals surface area contributed by atoms with Crippen LogP contribution in [0, 0.1) is 0 Å². The maximum Gasteiger partial charge on any atom is 0.416 e. The van der Waals surface area contributed by atoms with E-state index in [1.807, 2.05) is 18.4 Å². The summed E-state index contributed by atoms with van der Waals surface area (Å²) in [7, 11) is 0. The lowest BCUT2D eigenvalue weighted by atomic mass is 10.1. The van der Waals surface area contributed by atoms with Crippen molar-refractivity contribution in [3.8, 4) is 5.75 Å². The van der Waals surface area contributed by atoms with Crippen molar-refractivity contribution in [2.45, 2.75) is 25.9 Å². The Morgan fingerprint density at radius 1 is 1.30 bits per heavy atom. The predicted molar refractivity (Wildman–Crippen MR) is 83.9 cm³/mol. The molecular weight excluding hydrogens is 327 g/mol. The van der Waals surface area contributed by atoms with Gasteiger partial charge in [0.25, 0.3) is 0 Å². The van der Waals surface area contributed by atoms with Crippen molar-refractivity contribution in [1.29, 1.82) is 0 Å². The van der Waals surface area contributed by atoms with Gasteiger partial charge in [-0.05, 0) is 36.1 Å². The van der Waals surface area contributed by atoms with Gasteiger partial charge in [0.2, 0.25) is 5.91 Å². The molecule has 1 aromatic carbocycles. The average molecular weight is 343 g/mol. The molecule has 0 unspecified atom stereocenters. The maximum atomic E-state index is 12.8. The molecule has 1 amide bonds. The summed E-state index contributed by atoms with van der Waals surface area (Å²) >= 11 is 1.42. The van der Waals surface area contributed by atoms with Crippen molar-refractivity contribution < 1.29 is 22.7 Å². The van der Waals surface area contributed by atoms with Crippen molar-refractivity contribution in [3.63, 3.8) is 0 Å². The normalized spacial score (nSPS) is 11.3. The van der Waals surface area contributed by atoms with E-state index in [4.69, 9.17) is 4.74 Å². The van der Waals surface area contributed by atoms with E-state index in [1.165, 1.54) is 17.4 Å². The van der Waals surface area contributed by atoms with Gasteiger partial charge in [0, 0.05) is 4.88 Å². The van der Waals surface area contributed by atoms with Crippen LogP contribution in [0.5, 0.6) is 5.75 Å². The topological polar surface area (TPSA) is 38.3 Å². The number of benzene rings is 1. The Balaban J connectivity index is 2.20. The molecule has 3 nitrogen and oxygen atoms in total. The Kier molecular flexibility index (Phi) is 5.65. The van der Waals surface area contributed by atoms with Gasteiger partial charge in [-0.25, -0.2) is 0 Å². The zero-order valence-electron chi connectivity index (χ0n) is 12.4. The van der Waals surface area contributed by atoms with Crippen molar-refractivity contribution in [3.05, 3.63) is 46.2 Å². The molecule has 1 aromatic heterocycles. The predicted octanol–water partition coefficient (Wildman–Crippen LogP) is 4.74. The summed E-state index contributed by atoms with van der Waals surface area (Å²) in [6.45, 7) is 2.25. The summed E-state index contributed by atoms with van der Waals surface area (Å²) in [5, 5.41) is 4.35. The smallest absolute Gasteiger partial charge is 0.416 e. The van der Waals surface area contributed by atoms with Gasteiger partial charge in [0.05, 0.1) is 24.3 Å². The molecule has 0 bridgehead atoms. The maximum absolute atomic E-state index is 12.8. The summed E-state index contributed by atoms with van der Waals surface area (Å²) in [5.41, 5.74) is -0.789. The van der Waals surface area contributed by atoms with Crippen LogP contribution in [-0.2, 0) is 17.4 Å².